The van der Waals surface area contributed by atoms with E-state index in [1.54, 1.807) is 12.3 Å². The van der Waals surface area contributed by atoms with Gasteiger partial charge in [-0.05, 0) is 24.3 Å². The number of rotatable bonds is 6. The molecule has 0 aliphatic rings. The van der Waals surface area contributed by atoms with Gasteiger partial charge in [0.05, 0.1) is 5.69 Å². The van der Waals surface area contributed by atoms with Crippen molar-refractivity contribution in [3.63, 3.8) is 0 Å². The summed E-state index contributed by atoms with van der Waals surface area (Å²) >= 11 is 0. The molecule has 0 saturated heterocycles. The monoisotopic (exact) mass is 299 g/mol. The van der Waals surface area contributed by atoms with Crippen molar-refractivity contribution in [3.05, 3.63) is 18.5 Å². The Balaban J connectivity index is 2.90. The van der Waals surface area contributed by atoms with Crippen molar-refractivity contribution in [1.29, 1.82) is 0 Å². The molecular weight excluding hydrogens is 274 g/mol. The first-order chi connectivity index (χ1) is 9.18. The number of nitrogens with zero attached hydrogens (tertiary/aromatic N) is 1. The molecule has 0 radical (unpaired) electrons. The van der Waals surface area contributed by atoms with Crippen LogP contribution in [0.2, 0.25) is 0 Å². The predicted octanol–water partition coefficient (Wildman–Crippen LogP) is 2.47. The van der Waals surface area contributed by atoms with Crippen LogP contribution in [0.15, 0.2) is 23.4 Å². The van der Waals surface area contributed by atoms with Crippen LogP contribution in [-0.2, 0) is 10.0 Å². The molecule has 1 aromatic heterocycles. The summed E-state index contributed by atoms with van der Waals surface area (Å²) in [6.45, 7) is 11.3. The molecule has 5 nitrogen and oxygen atoms in total. The van der Waals surface area contributed by atoms with Gasteiger partial charge in [0.1, 0.15) is 4.90 Å². The third-order valence-electron chi connectivity index (χ3n) is 3.50. The number of pyridine rings is 1. The third kappa shape index (κ3) is 4.45. The summed E-state index contributed by atoms with van der Waals surface area (Å²) in [5.41, 5.74) is 0.639. The molecular formula is C14H25N3O2S. The smallest absolute Gasteiger partial charge is 0.244 e. The van der Waals surface area contributed by atoms with Crippen molar-refractivity contribution < 1.29 is 8.42 Å². The zero-order chi connectivity index (χ0) is 15.4. The maximum absolute atomic E-state index is 12.4. The van der Waals surface area contributed by atoms with E-state index >= 15 is 0 Å². The number of nitrogens with one attached hydrogen (secondary N) is 2. The van der Waals surface area contributed by atoms with Crippen LogP contribution in [0.5, 0.6) is 0 Å². The molecule has 20 heavy (non-hydrogen) atoms. The van der Waals surface area contributed by atoms with Gasteiger partial charge in [-0.1, -0.05) is 27.7 Å². The van der Waals surface area contributed by atoms with Crippen LogP contribution >= 0.6 is 0 Å². The van der Waals surface area contributed by atoms with Gasteiger partial charge in [0, 0.05) is 25.5 Å². The summed E-state index contributed by atoms with van der Waals surface area (Å²) in [7, 11) is -3.54. The standard InChI is InChI=1S/C14H25N3O2S/c1-6-16-12-7-8-15-10-13(12)20(18,19)17-9-11(2)14(3,4)5/h7-8,10-11,17H,6,9H2,1-5H3,(H,15,16). The van der Waals surface area contributed by atoms with Crippen molar-refractivity contribution >= 4 is 15.7 Å². The normalized spacial score (nSPS) is 14.1. The lowest BCUT2D eigenvalue weighted by Gasteiger charge is -2.27. The van der Waals surface area contributed by atoms with E-state index < -0.39 is 10.0 Å². The molecule has 0 aromatic carbocycles. The lowest BCUT2D eigenvalue weighted by molar-refractivity contribution is 0.263. The van der Waals surface area contributed by atoms with Gasteiger partial charge in [0.15, 0.2) is 0 Å². The number of aromatic nitrogens is 1. The van der Waals surface area contributed by atoms with E-state index in [4.69, 9.17) is 0 Å². The lowest BCUT2D eigenvalue weighted by Crippen LogP contribution is -2.34. The van der Waals surface area contributed by atoms with Crippen LogP contribution < -0.4 is 10.0 Å². The van der Waals surface area contributed by atoms with E-state index in [2.05, 4.69) is 35.8 Å². The quantitative estimate of drug-likeness (QED) is 0.846. The predicted molar refractivity (Wildman–Crippen MR) is 82.2 cm³/mol. The highest BCUT2D eigenvalue weighted by Crippen LogP contribution is 2.25. The molecule has 1 aromatic rings. The molecule has 1 unspecified atom stereocenters. The second-order valence-corrected chi connectivity index (χ2v) is 7.76. The molecule has 114 valence electrons. The van der Waals surface area contributed by atoms with Gasteiger partial charge in [-0.15, -0.1) is 0 Å². The summed E-state index contributed by atoms with van der Waals surface area (Å²) in [6.07, 6.45) is 2.96. The fourth-order valence-corrected chi connectivity index (χ4v) is 2.80. The summed E-state index contributed by atoms with van der Waals surface area (Å²) < 4.78 is 27.4. The van der Waals surface area contributed by atoms with Crippen LogP contribution in [0.25, 0.3) is 0 Å². The second-order valence-electron chi connectivity index (χ2n) is 6.02. The Morgan fingerprint density at radius 3 is 2.55 bits per heavy atom. The van der Waals surface area contributed by atoms with Crippen molar-refractivity contribution in [2.45, 2.75) is 39.5 Å². The lowest BCUT2D eigenvalue weighted by atomic mass is 9.82. The average molecular weight is 299 g/mol. The van der Waals surface area contributed by atoms with E-state index in [0.29, 0.717) is 18.8 Å². The fourth-order valence-electron chi connectivity index (χ4n) is 1.55. The Morgan fingerprint density at radius 1 is 1.35 bits per heavy atom. The Morgan fingerprint density at radius 2 is 2.00 bits per heavy atom. The minimum atomic E-state index is -3.54. The molecule has 0 aliphatic heterocycles. The Kier molecular flexibility index (Phi) is 5.53. The number of sulfonamides is 1. The number of hydrogen-bond acceptors (Lipinski definition) is 4. The van der Waals surface area contributed by atoms with Crippen LogP contribution in [-0.4, -0.2) is 26.5 Å². The molecule has 6 heteroatoms. The van der Waals surface area contributed by atoms with Crippen molar-refractivity contribution in [2.75, 3.05) is 18.4 Å². The van der Waals surface area contributed by atoms with Gasteiger partial charge in [-0.3, -0.25) is 4.98 Å². The number of anilines is 1. The molecule has 1 atom stereocenters. The van der Waals surface area contributed by atoms with Gasteiger partial charge in [-0.25, -0.2) is 13.1 Å². The highest BCUT2D eigenvalue weighted by Gasteiger charge is 2.24. The van der Waals surface area contributed by atoms with Gasteiger partial charge in [0.2, 0.25) is 10.0 Å². The van der Waals surface area contributed by atoms with Gasteiger partial charge in [-0.2, -0.15) is 0 Å². The molecule has 0 fully saturated rings. The first kappa shape index (κ1) is 16.9. The van der Waals surface area contributed by atoms with E-state index in [1.807, 2.05) is 13.8 Å². The highest BCUT2D eigenvalue weighted by atomic mass is 32.2. The second kappa shape index (κ2) is 6.54. The summed E-state index contributed by atoms with van der Waals surface area (Å²) in [5, 5.41) is 3.04. The zero-order valence-corrected chi connectivity index (χ0v) is 13.7. The van der Waals surface area contributed by atoms with Crippen molar-refractivity contribution in [1.82, 2.24) is 9.71 Å². The maximum atomic E-state index is 12.4. The van der Waals surface area contributed by atoms with Crippen molar-refractivity contribution in [3.8, 4) is 0 Å². The first-order valence-corrected chi connectivity index (χ1v) is 8.34. The third-order valence-corrected chi connectivity index (χ3v) is 4.95. The summed E-state index contributed by atoms with van der Waals surface area (Å²) in [4.78, 5) is 4.11. The van der Waals surface area contributed by atoms with Crippen molar-refractivity contribution in [2.24, 2.45) is 11.3 Å². The minimum Gasteiger partial charge on any atom is -0.384 e. The zero-order valence-electron chi connectivity index (χ0n) is 12.9. The van der Waals surface area contributed by atoms with Crippen LogP contribution in [0.1, 0.15) is 34.6 Å². The van der Waals surface area contributed by atoms with Crippen LogP contribution in [0.4, 0.5) is 5.69 Å². The summed E-state index contributed by atoms with van der Waals surface area (Å²) in [5.74, 6) is 0.233. The fraction of sp³-hybridized carbons (Fsp3) is 0.643. The molecule has 1 heterocycles. The largest absolute Gasteiger partial charge is 0.384 e. The number of hydrogen-bond donors (Lipinski definition) is 2. The minimum absolute atomic E-state index is 0.0575. The van der Waals surface area contributed by atoms with Crippen LogP contribution in [0.3, 0.4) is 0 Å². The average Bonchev–Trinajstić information content (AvgIpc) is 2.36. The SMILES string of the molecule is CCNc1ccncc1S(=O)(=O)NCC(C)C(C)(C)C. The van der Waals surface area contributed by atoms with E-state index in [9.17, 15) is 8.42 Å². The molecule has 0 saturated carbocycles. The first-order valence-electron chi connectivity index (χ1n) is 6.86. The van der Waals surface area contributed by atoms with Gasteiger partial charge in [0.25, 0.3) is 0 Å². The topological polar surface area (TPSA) is 71.1 Å². The Hall–Kier alpha value is -1.14. The Labute approximate surface area is 122 Å². The van der Waals surface area contributed by atoms with Gasteiger partial charge < -0.3 is 5.32 Å². The summed E-state index contributed by atoms with van der Waals surface area (Å²) in [6, 6.07) is 1.67. The van der Waals surface area contributed by atoms with Gasteiger partial charge >= 0.3 is 0 Å². The van der Waals surface area contributed by atoms with E-state index in [0.717, 1.165) is 0 Å². The molecule has 1 rings (SSSR count). The molecule has 2 N–H and O–H groups in total. The maximum Gasteiger partial charge on any atom is 0.244 e. The van der Waals surface area contributed by atoms with Crippen LogP contribution in [0, 0.1) is 11.3 Å². The molecule has 0 spiro atoms. The Bertz CT molecular complexity index is 536. The molecule has 0 bridgehead atoms. The molecule has 0 amide bonds. The highest BCUT2D eigenvalue weighted by molar-refractivity contribution is 7.89. The van der Waals surface area contributed by atoms with E-state index in [1.165, 1.54) is 6.20 Å². The van der Waals surface area contributed by atoms with E-state index in [-0.39, 0.29) is 16.2 Å². The molecule has 0 aliphatic carbocycles.